The van der Waals surface area contributed by atoms with Crippen molar-refractivity contribution in [1.29, 1.82) is 0 Å². The molecule has 0 N–H and O–H groups in total. The predicted molar refractivity (Wildman–Crippen MR) is 214 cm³/mol. The van der Waals surface area contributed by atoms with E-state index in [1.54, 1.807) is 0 Å². The van der Waals surface area contributed by atoms with Crippen LogP contribution in [-0.4, -0.2) is 54.0 Å². The average Bonchev–Trinajstić information content (AvgIpc) is 3.11. The van der Waals surface area contributed by atoms with E-state index in [1.807, 2.05) is 0 Å². The van der Waals surface area contributed by atoms with E-state index < -0.39 is 0 Å². The van der Waals surface area contributed by atoms with Crippen molar-refractivity contribution in [2.24, 2.45) is 5.92 Å². The van der Waals surface area contributed by atoms with Gasteiger partial charge in [0, 0.05) is 77.6 Å². The summed E-state index contributed by atoms with van der Waals surface area (Å²) in [6.45, 7) is 8.89. The zero-order valence-electron chi connectivity index (χ0n) is 34.5. The van der Waals surface area contributed by atoms with Gasteiger partial charge in [-0.2, -0.15) is 0 Å². The zero-order chi connectivity index (χ0) is 37.4. The minimum Gasteiger partial charge on any atom is -0.375 e. The number of ether oxygens (including phenoxy) is 3. The van der Waals surface area contributed by atoms with E-state index in [9.17, 15) is 14.4 Å². The second-order valence-corrected chi connectivity index (χ2v) is 17.6. The molecule has 0 aromatic rings. The van der Waals surface area contributed by atoms with Crippen molar-refractivity contribution in [3.8, 4) is 0 Å². The first-order valence-electron chi connectivity index (χ1n) is 22.7. The summed E-state index contributed by atoms with van der Waals surface area (Å²) in [5.41, 5.74) is -0.533. The number of carbonyl (C=O) groups excluding carboxylic acids is 3. The Kier molecular flexibility index (Phi) is 22.5. The lowest BCUT2D eigenvalue weighted by atomic mass is 9.50. The molecule has 0 heterocycles. The summed E-state index contributed by atoms with van der Waals surface area (Å²) in [7, 11) is 0. The molecular weight excluding hydrogens is 649 g/mol. The number of carbonyl (C=O) groups is 3. The molecule has 4 aliphatic rings. The minimum atomic E-state index is -0.178. The molecule has 6 heteroatoms. The van der Waals surface area contributed by atoms with Crippen LogP contribution in [0.5, 0.6) is 0 Å². The van der Waals surface area contributed by atoms with Crippen molar-refractivity contribution in [2.75, 3.05) is 19.8 Å². The lowest BCUT2D eigenvalue weighted by Crippen LogP contribution is -2.68. The van der Waals surface area contributed by atoms with Crippen LogP contribution in [0.3, 0.4) is 0 Å². The number of hydrogen-bond acceptors (Lipinski definition) is 6. The fraction of sp³-hybridized carbons (Fsp3) is 0.935. The van der Waals surface area contributed by atoms with Crippen LogP contribution in [-0.2, 0) is 28.6 Å². The SMILES string of the molecule is CCCCCCC(=O)CCCCCOC12CC3CC(OCCCCCC(=O)CCCCCC)(C1)CC(OCCCCCC(=O)CCCCCC)(C3)C2. The second kappa shape index (κ2) is 25.9. The Morgan fingerprint density at radius 1 is 0.385 bits per heavy atom. The molecule has 0 unspecified atom stereocenters. The van der Waals surface area contributed by atoms with Gasteiger partial charge in [0.25, 0.3) is 0 Å². The van der Waals surface area contributed by atoms with E-state index in [2.05, 4.69) is 20.8 Å². The summed E-state index contributed by atoms with van der Waals surface area (Å²) in [6.07, 6.45) is 33.7. The fourth-order valence-electron chi connectivity index (χ4n) is 9.95. The van der Waals surface area contributed by atoms with E-state index in [0.29, 0.717) is 42.5 Å². The third-order valence-corrected chi connectivity index (χ3v) is 12.4. The maximum atomic E-state index is 12.3. The van der Waals surface area contributed by atoms with E-state index in [4.69, 9.17) is 14.2 Å². The zero-order valence-corrected chi connectivity index (χ0v) is 34.5. The van der Waals surface area contributed by atoms with Gasteiger partial charge in [-0.15, -0.1) is 0 Å². The molecule has 0 amide bonds. The number of Topliss-reactive ketones (excluding diaryl/α,β-unsaturated/α-hetero) is 3. The van der Waals surface area contributed by atoms with Gasteiger partial charge in [0.05, 0.1) is 16.8 Å². The van der Waals surface area contributed by atoms with E-state index >= 15 is 0 Å². The molecule has 0 saturated heterocycles. The van der Waals surface area contributed by atoms with Crippen LogP contribution in [0.15, 0.2) is 0 Å². The van der Waals surface area contributed by atoms with Crippen LogP contribution in [0.2, 0.25) is 0 Å². The highest BCUT2D eigenvalue weighted by Gasteiger charge is 2.65. The molecule has 4 fully saturated rings. The van der Waals surface area contributed by atoms with Crippen molar-refractivity contribution in [3.05, 3.63) is 0 Å². The van der Waals surface area contributed by atoms with Crippen LogP contribution in [0, 0.1) is 5.92 Å². The van der Waals surface area contributed by atoms with Gasteiger partial charge in [-0.25, -0.2) is 0 Å². The van der Waals surface area contributed by atoms with Crippen molar-refractivity contribution >= 4 is 17.3 Å². The lowest BCUT2D eigenvalue weighted by Gasteiger charge is -2.65. The molecular formula is C46H82O6. The lowest BCUT2D eigenvalue weighted by molar-refractivity contribution is -0.291. The van der Waals surface area contributed by atoms with Gasteiger partial charge in [-0.3, -0.25) is 14.4 Å². The van der Waals surface area contributed by atoms with Gasteiger partial charge in [0.2, 0.25) is 0 Å². The summed E-state index contributed by atoms with van der Waals surface area (Å²) in [6, 6.07) is 0. The second-order valence-electron chi connectivity index (χ2n) is 17.6. The minimum absolute atomic E-state index is 0.178. The van der Waals surface area contributed by atoms with Crippen molar-refractivity contribution in [2.45, 2.75) is 249 Å². The quantitative estimate of drug-likeness (QED) is 0.0597. The molecule has 4 rings (SSSR count). The first-order chi connectivity index (χ1) is 25.3. The molecule has 4 saturated carbocycles. The fourth-order valence-corrected chi connectivity index (χ4v) is 9.95. The monoisotopic (exact) mass is 731 g/mol. The molecule has 6 nitrogen and oxygen atoms in total. The third-order valence-electron chi connectivity index (χ3n) is 12.4. The van der Waals surface area contributed by atoms with Gasteiger partial charge in [0.15, 0.2) is 0 Å². The van der Waals surface area contributed by atoms with Gasteiger partial charge in [-0.05, 0) is 83.0 Å². The predicted octanol–water partition coefficient (Wildman–Crippen LogP) is 12.5. The van der Waals surface area contributed by atoms with E-state index in [1.165, 1.54) is 57.8 Å². The van der Waals surface area contributed by atoms with E-state index in [0.717, 1.165) is 155 Å². The summed E-state index contributed by atoms with van der Waals surface area (Å²) in [5, 5.41) is 0. The Morgan fingerprint density at radius 3 is 0.885 bits per heavy atom. The summed E-state index contributed by atoms with van der Waals surface area (Å²) < 4.78 is 20.7. The van der Waals surface area contributed by atoms with Crippen LogP contribution in [0.4, 0.5) is 0 Å². The Hall–Kier alpha value is -1.11. The largest absolute Gasteiger partial charge is 0.375 e. The molecule has 302 valence electrons. The maximum Gasteiger partial charge on any atom is 0.132 e. The molecule has 0 aliphatic heterocycles. The highest BCUT2D eigenvalue weighted by molar-refractivity contribution is 5.78. The first kappa shape index (κ1) is 45.3. The number of rotatable bonds is 36. The van der Waals surface area contributed by atoms with Gasteiger partial charge in [0.1, 0.15) is 17.3 Å². The third kappa shape index (κ3) is 17.6. The van der Waals surface area contributed by atoms with Crippen LogP contribution >= 0.6 is 0 Å². The normalized spacial score (nSPS) is 24.9. The maximum absolute atomic E-state index is 12.3. The summed E-state index contributed by atoms with van der Waals surface area (Å²) in [5.74, 6) is 1.86. The van der Waals surface area contributed by atoms with Crippen LogP contribution in [0.1, 0.15) is 233 Å². The van der Waals surface area contributed by atoms with Gasteiger partial charge in [-0.1, -0.05) is 97.8 Å². The number of unbranched alkanes of at least 4 members (excludes halogenated alkanes) is 15. The molecule has 0 aromatic heterocycles. The van der Waals surface area contributed by atoms with Crippen molar-refractivity contribution < 1.29 is 28.6 Å². The Bertz CT molecular complexity index is 860. The molecule has 0 spiro atoms. The molecule has 4 aliphatic carbocycles. The Morgan fingerprint density at radius 2 is 0.635 bits per heavy atom. The number of ketones is 3. The molecule has 0 atom stereocenters. The van der Waals surface area contributed by atoms with Crippen molar-refractivity contribution in [1.82, 2.24) is 0 Å². The molecule has 0 aromatic carbocycles. The highest BCUT2D eigenvalue weighted by atomic mass is 16.5. The average molecular weight is 731 g/mol. The van der Waals surface area contributed by atoms with Crippen molar-refractivity contribution in [3.63, 3.8) is 0 Å². The Labute approximate surface area is 320 Å². The topological polar surface area (TPSA) is 78.9 Å². The molecule has 4 bridgehead atoms. The first-order valence-corrected chi connectivity index (χ1v) is 22.7. The van der Waals surface area contributed by atoms with Crippen LogP contribution in [0.25, 0.3) is 0 Å². The number of hydrogen-bond donors (Lipinski definition) is 0. The summed E-state index contributed by atoms with van der Waals surface area (Å²) >= 11 is 0. The highest BCUT2D eigenvalue weighted by Crippen LogP contribution is 2.63. The Balaban J connectivity index is 1.45. The van der Waals surface area contributed by atoms with Crippen LogP contribution < -0.4 is 0 Å². The van der Waals surface area contributed by atoms with Gasteiger partial charge >= 0.3 is 0 Å². The van der Waals surface area contributed by atoms with E-state index in [-0.39, 0.29) is 16.8 Å². The summed E-state index contributed by atoms with van der Waals surface area (Å²) in [4.78, 5) is 36.9. The standard InChI is InChI=1S/C46H82O6/c1-4-7-10-16-25-41(47)28-19-13-22-31-50-44-34-40-35-45(37-44,51-32-23-14-20-29-42(48)26-17-11-8-5-2)39-46(36-40,38-44)52-33-24-15-21-30-43(49)27-18-12-9-6-3/h40H,4-39H2,1-3H3. The molecule has 0 radical (unpaired) electrons. The van der Waals surface area contributed by atoms with Gasteiger partial charge < -0.3 is 14.2 Å². The molecule has 52 heavy (non-hydrogen) atoms. The smallest absolute Gasteiger partial charge is 0.132 e.